The van der Waals surface area contributed by atoms with Crippen LogP contribution < -0.4 is 14.8 Å². The molecule has 2 aliphatic heterocycles. The highest BCUT2D eigenvalue weighted by Crippen LogP contribution is 2.32. The van der Waals surface area contributed by atoms with Crippen LogP contribution in [0.15, 0.2) is 41.2 Å². The van der Waals surface area contributed by atoms with Gasteiger partial charge in [-0.1, -0.05) is 0 Å². The third kappa shape index (κ3) is 3.92. The Balaban J connectivity index is 1.40. The van der Waals surface area contributed by atoms with Crippen LogP contribution in [0.2, 0.25) is 0 Å². The Bertz CT molecular complexity index is 818. The number of rotatable bonds is 3. The molecule has 2 aliphatic rings. The summed E-state index contributed by atoms with van der Waals surface area (Å²) in [7, 11) is 0. The highest BCUT2D eigenvalue weighted by atomic mass is 16.5. The lowest BCUT2D eigenvalue weighted by Crippen LogP contribution is -2.43. The van der Waals surface area contributed by atoms with Crippen LogP contribution in [0.25, 0.3) is 0 Å². The zero-order valence-electron chi connectivity index (χ0n) is 15.0. The Morgan fingerprint density at radius 3 is 2.74 bits per heavy atom. The Labute approximate surface area is 157 Å². The van der Waals surface area contributed by atoms with Gasteiger partial charge in [0.25, 0.3) is 5.91 Å². The van der Waals surface area contributed by atoms with Gasteiger partial charge in [-0.3, -0.25) is 9.59 Å². The van der Waals surface area contributed by atoms with Crippen molar-refractivity contribution in [1.82, 2.24) is 4.90 Å². The first-order valence-electron chi connectivity index (χ1n) is 9.23. The first kappa shape index (κ1) is 17.5. The number of likely N-dealkylation sites (tertiary alicyclic amines) is 1. The van der Waals surface area contributed by atoms with Crippen molar-refractivity contribution < 1.29 is 23.5 Å². The third-order valence-electron chi connectivity index (χ3n) is 4.86. The molecule has 142 valence electrons. The quantitative estimate of drug-likeness (QED) is 0.898. The summed E-state index contributed by atoms with van der Waals surface area (Å²) in [5, 5.41) is 2.95. The number of nitrogens with zero attached hydrogens (tertiary/aromatic N) is 1. The molecule has 2 aromatic rings. The van der Waals surface area contributed by atoms with Gasteiger partial charge in [0.2, 0.25) is 5.91 Å². The van der Waals surface area contributed by atoms with Crippen molar-refractivity contribution in [2.45, 2.75) is 19.3 Å². The SMILES string of the molecule is O=C(Nc1ccc2c(c1)OCCCO2)C1CCCN(C(=O)c2ccoc2)C1. The topological polar surface area (TPSA) is 81.0 Å². The fourth-order valence-corrected chi connectivity index (χ4v) is 3.43. The van der Waals surface area contributed by atoms with Gasteiger partial charge in [-0.25, -0.2) is 0 Å². The van der Waals surface area contributed by atoms with Gasteiger partial charge in [-0.15, -0.1) is 0 Å². The molecule has 7 nitrogen and oxygen atoms in total. The number of fused-ring (bicyclic) bond motifs is 1. The van der Waals surface area contributed by atoms with Crippen LogP contribution in [0.3, 0.4) is 0 Å². The van der Waals surface area contributed by atoms with E-state index in [1.807, 2.05) is 12.1 Å². The zero-order valence-corrected chi connectivity index (χ0v) is 15.0. The van der Waals surface area contributed by atoms with Crippen molar-refractivity contribution in [2.24, 2.45) is 5.92 Å². The van der Waals surface area contributed by atoms with E-state index in [0.29, 0.717) is 49.1 Å². The largest absolute Gasteiger partial charge is 0.490 e. The maximum Gasteiger partial charge on any atom is 0.257 e. The molecule has 1 atom stereocenters. The first-order chi connectivity index (χ1) is 13.2. The fourth-order valence-electron chi connectivity index (χ4n) is 3.43. The molecule has 1 saturated heterocycles. The first-order valence-corrected chi connectivity index (χ1v) is 9.23. The number of hydrogen-bond donors (Lipinski definition) is 1. The number of nitrogens with one attached hydrogen (secondary N) is 1. The number of anilines is 1. The van der Waals surface area contributed by atoms with E-state index >= 15 is 0 Å². The summed E-state index contributed by atoms with van der Waals surface area (Å²) >= 11 is 0. The highest BCUT2D eigenvalue weighted by molar-refractivity contribution is 5.96. The number of amides is 2. The molecule has 0 saturated carbocycles. The van der Waals surface area contributed by atoms with E-state index in [9.17, 15) is 9.59 Å². The van der Waals surface area contributed by atoms with Crippen LogP contribution in [0.5, 0.6) is 11.5 Å². The Morgan fingerprint density at radius 1 is 1.07 bits per heavy atom. The van der Waals surface area contributed by atoms with E-state index in [1.165, 1.54) is 12.5 Å². The van der Waals surface area contributed by atoms with Crippen LogP contribution in [0.1, 0.15) is 29.6 Å². The molecular formula is C20H22N2O5. The molecule has 27 heavy (non-hydrogen) atoms. The summed E-state index contributed by atoms with van der Waals surface area (Å²) in [5.41, 5.74) is 1.18. The van der Waals surface area contributed by atoms with Crippen molar-refractivity contribution in [3.05, 3.63) is 42.4 Å². The molecule has 1 unspecified atom stereocenters. The van der Waals surface area contributed by atoms with Crippen molar-refractivity contribution in [3.63, 3.8) is 0 Å². The second-order valence-corrected chi connectivity index (χ2v) is 6.80. The second-order valence-electron chi connectivity index (χ2n) is 6.80. The van der Waals surface area contributed by atoms with Gasteiger partial charge >= 0.3 is 0 Å². The Kier molecular flexibility index (Phi) is 5.00. The average Bonchev–Trinajstić information content (AvgIpc) is 3.13. The van der Waals surface area contributed by atoms with Gasteiger partial charge < -0.3 is 24.1 Å². The number of benzene rings is 1. The summed E-state index contributed by atoms with van der Waals surface area (Å²) in [6, 6.07) is 7.05. The molecule has 1 aromatic heterocycles. The van der Waals surface area contributed by atoms with E-state index in [1.54, 1.807) is 17.0 Å². The van der Waals surface area contributed by atoms with Gasteiger partial charge in [0.15, 0.2) is 11.5 Å². The van der Waals surface area contributed by atoms with Crippen LogP contribution in [-0.2, 0) is 4.79 Å². The molecular weight excluding hydrogens is 348 g/mol. The van der Waals surface area contributed by atoms with E-state index in [4.69, 9.17) is 13.9 Å². The molecule has 0 radical (unpaired) electrons. The van der Waals surface area contributed by atoms with Crippen LogP contribution in [0, 0.1) is 5.92 Å². The van der Waals surface area contributed by atoms with Crippen molar-refractivity contribution in [2.75, 3.05) is 31.6 Å². The molecule has 4 rings (SSSR count). The lowest BCUT2D eigenvalue weighted by molar-refractivity contribution is -0.121. The monoisotopic (exact) mass is 370 g/mol. The number of furan rings is 1. The molecule has 0 spiro atoms. The van der Waals surface area contributed by atoms with E-state index in [-0.39, 0.29) is 17.7 Å². The number of piperidine rings is 1. The van der Waals surface area contributed by atoms with Crippen LogP contribution in [0.4, 0.5) is 5.69 Å². The van der Waals surface area contributed by atoms with Crippen molar-refractivity contribution in [3.8, 4) is 11.5 Å². The van der Waals surface area contributed by atoms with Crippen molar-refractivity contribution in [1.29, 1.82) is 0 Å². The van der Waals surface area contributed by atoms with E-state index in [0.717, 1.165) is 19.3 Å². The lowest BCUT2D eigenvalue weighted by atomic mass is 9.96. The van der Waals surface area contributed by atoms with Crippen LogP contribution >= 0.6 is 0 Å². The number of hydrogen-bond acceptors (Lipinski definition) is 5. The predicted molar refractivity (Wildman–Crippen MR) is 98.0 cm³/mol. The van der Waals surface area contributed by atoms with Gasteiger partial charge in [-0.05, 0) is 31.0 Å². The highest BCUT2D eigenvalue weighted by Gasteiger charge is 2.29. The summed E-state index contributed by atoms with van der Waals surface area (Å²) in [6.07, 6.45) is 5.29. The molecule has 2 amide bonds. The average molecular weight is 370 g/mol. The lowest BCUT2D eigenvalue weighted by Gasteiger charge is -2.31. The minimum absolute atomic E-state index is 0.0887. The molecule has 0 aliphatic carbocycles. The standard InChI is InChI=1S/C20H22N2O5/c23-19(21-16-4-5-17-18(11-16)27-9-2-8-26-17)14-3-1-7-22(12-14)20(24)15-6-10-25-13-15/h4-6,10-11,13-14H,1-3,7-9,12H2,(H,21,23). The molecule has 1 N–H and O–H groups in total. The minimum Gasteiger partial charge on any atom is -0.490 e. The van der Waals surface area contributed by atoms with Gasteiger partial charge in [0.05, 0.1) is 31.0 Å². The zero-order chi connectivity index (χ0) is 18.6. The molecule has 3 heterocycles. The third-order valence-corrected chi connectivity index (χ3v) is 4.86. The molecule has 0 bridgehead atoms. The molecule has 1 fully saturated rings. The number of ether oxygens (including phenoxy) is 2. The number of carbonyl (C=O) groups is 2. The predicted octanol–water partition coefficient (Wildman–Crippen LogP) is 2.93. The fraction of sp³-hybridized carbons (Fsp3) is 0.400. The van der Waals surface area contributed by atoms with Gasteiger partial charge in [0.1, 0.15) is 6.26 Å². The van der Waals surface area contributed by atoms with Gasteiger partial charge in [-0.2, -0.15) is 0 Å². The summed E-state index contributed by atoms with van der Waals surface area (Å²) in [4.78, 5) is 26.9. The normalized spacial score (nSPS) is 19.3. The minimum atomic E-state index is -0.245. The van der Waals surface area contributed by atoms with E-state index < -0.39 is 0 Å². The molecule has 7 heteroatoms. The second kappa shape index (κ2) is 7.73. The Hall–Kier alpha value is -2.96. The van der Waals surface area contributed by atoms with Crippen LogP contribution in [-0.4, -0.2) is 43.0 Å². The van der Waals surface area contributed by atoms with Crippen molar-refractivity contribution >= 4 is 17.5 Å². The number of carbonyl (C=O) groups excluding carboxylic acids is 2. The summed E-state index contributed by atoms with van der Waals surface area (Å²) in [6.45, 7) is 2.28. The summed E-state index contributed by atoms with van der Waals surface area (Å²) in [5.74, 6) is 0.905. The summed E-state index contributed by atoms with van der Waals surface area (Å²) < 4.78 is 16.3. The van der Waals surface area contributed by atoms with E-state index in [2.05, 4.69) is 5.32 Å². The maximum atomic E-state index is 12.7. The smallest absolute Gasteiger partial charge is 0.257 e. The molecule has 1 aromatic carbocycles. The maximum absolute atomic E-state index is 12.7. The Morgan fingerprint density at radius 2 is 1.93 bits per heavy atom. The van der Waals surface area contributed by atoms with Gasteiger partial charge in [0, 0.05) is 31.3 Å².